The van der Waals surface area contributed by atoms with Gasteiger partial charge < -0.3 is 9.42 Å². The first-order valence-corrected chi connectivity index (χ1v) is 6.39. The summed E-state index contributed by atoms with van der Waals surface area (Å²) >= 11 is 0. The van der Waals surface area contributed by atoms with Crippen molar-refractivity contribution in [3.63, 3.8) is 0 Å². The number of fused-ring (bicyclic) bond motifs is 1. The van der Waals surface area contributed by atoms with E-state index in [9.17, 15) is 4.79 Å². The number of pyridine rings is 1. The lowest BCUT2D eigenvalue weighted by atomic mass is 10.1. The minimum Gasteiger partial charge on any atom is -0.336 e. The fourth-order valence-electron chi connectivity index (χ4n) is 2.20. The monoisotopic (exact) mass is 286 g/mol. The Morgan fingerprint density at radius 2 is 2.24 bits per heavy atom. The Morgan fingerprint density at radius 1 is 1.43 bits per heavy atom. The molecule has 0 spiro atoms. The van der Waals surface area contributed by atoms with Crippen LogP contribution < -0.4 is 0 Å². The Bertz CT molecular complexity index is 792. The smallest absolute Gasteiger partial charge is 0.258 e. The lowest BCUT2D eigenvalue weighted by Gasteiger charge is -2.16. The molecule has 3 aromatic rings. The van der Waals surface area contributed by atoms with Crippen LogP contribution in [0, 0.1) is 13.8 Å². The summed E-state index contributed by atoms with van der Waals surface area (Å²) in [5.74, 6) is 0.475. The highest BCUT2D eigenvalue weighted by Crippen LogP contribution is 2.23. The summed E-state index contributed by atoms with van der Waals surface area (Å²) in [4.78, 5) is 22.5. The molecule has 1 amide bonds. The molecule has 108 valence electrons. The van der Waals surface area contributed by atoms with Crippen LogP contribution in [0.2, 0.25) is 0 Å². The molecule has 8 nitrogen and oxygen atoms in total. The Hall–Kier alpha value is -2.77. The molecule has 0 unspecified atom stereocenters. The van der Waals surface area contributed by atoms with E-state index in [0.29, 0.717) is 40.4 Å². The Balaban J connectivity index is 1.99. The zero-order valence-corrected chi connectivity index (χ0v) is 11.9. The van der Waals surface area contributed by atoms with Crippen molar-refractivity contribution in [2.75, 3.05) is 7.05 Å². The average molecular weight is 286 g/mol. The molecule has 0 bridgehead atoms. The summed E-state index contributed by atoms with van der Waals surface area (Å²) < 4.78 is 5.15. The highest BCUT2D eigenvalue weighted by Gasteiger charge is 2.21. The van der Waals surface area contributed by atoms with Gasteiger partial charge in [0.05, 0.1) is 23.2 Å². The number of aryl methyl sites for hydroxylation is 2. The van der Waals surface area contributed by atoms with E-state index in [1.54, 1.807) is 24.9 Å². The van der Waals surface area contributed by atoms with Crippen molar-refractivity contribution in [3.05, 3.63) is 35.2 Å². The van der Waals surface area contributed by atoms with Crippen LogP contribution in [0.5, 0.6) is 0 Å². The minimum atomic E-state index is -0.145. The summed E-state index contributed by atoms with van der Waals surface area (Å²) in [5, 5.41) is 11.0. The van der Waals surface area contributed by atoms with Crippen LogP contribution >= 0.6 is 0 Å². The number of amides is 1. The largest absolute Gasteiger partial charge is 0.336 e. The third-order valence-electron chi connectivity index (χ3n) is 3.17. The van der Waals surface area contributed by atoms with Gasteiger partial charge in [-0.2, -0.15) is 5.10 Å². The highest BCUT2D eigenvalue weighted by atomic mass is 16.5. The molecule has 0 aliphatic carbocycles. The van der Waals surface area contributed by atoms with Gasteiger partial charge in [0.25, 0.3) is 11.6 Å². The Kier molecular flexibility index (Phi) is 3.13. The molecule has 1 N–H and O–H groups in total. The van der Waals surface area contributed by atoms with Gasteiger partial charge in [-0.15, -0.1) is 0 Å². The summed E-state index contributed by atoms with van der Waals surface area (Å²) in [7, 11) is 1.70. The normalized spacial score (nSPS) is 11.0. The quantitative estimate of drug-likeness (QED) is 0.777. The van der Waals surface area contributed by atoms with Gasteiger partial charge in [0, 0.05) is 12.7 Å². The van der Waals surface area contributed by atoms with Crippen LogP contribution in [0.1, 0.15) is 27.6 Å². The number of carbonyl (C=O) groups excluding carboxylic acids is 1. The number of aromatic nitrogens is 5. The second-order valence-corrected chi connectivity index (χ2v) is 4.85. The van der Waals surface area contributed by atoms with Crippen LogP contribution in [-0.2, 0) is 6.54 Å². The van der Waals surface area contributed by atoms with E-state index >= 15 is 0 Å². The Morgan fingerprint density at radius 3 is 2.95 bits per heavy atom. The van der Waals surface area contributed by atoms with Gasteiger partial charge in [0.2, 0.25) is 0 Å². The van der Waals surface area contributed by atoms with Crippen molar-refractivity contribution >= 4 is 17.0 Å². The van der Waals surface area contributed by atoms with Crippen LogP contribution in [0.15, 0.2) is 16.9 Å². The fraction of sp³-hybridized carbons (Fsp3) is 0.308. The third kappa shape index (κ3) is 2.35. The molecule has 0 fully saturated rings. The van der Waals surface area contributed by atoms with Crippen molar-refractivity contribution in [1.82, 2.24) is 30.2 Å². The first kappa shape index (κ1) is 13.2. The van der Waals surface area contributed by atoms with Gasteiger partial charge in [-0.3, -0.25) is 9.89 Å². The van der Waals surface area contributed by atoms with Crippen LogP contribution in [-0.4, -0.2) is 43.2 Å². The molecule has 3 aromatic heterocycles. The maximum absolute atomic E-state index is 12.7. The number of nitrogens with zero attached hydrogens (tertiary/aromatic N) is 5. The summed E-state index contributed by atoms with van der Waals surface area (Å²) in [6.07, 6.45) is 1.41. The number of nitrogens with one attached hydrogen (secondary N) is 1. The van der Waals surface area contributed by atoms with Gasteiger partial charge in [-0.1, -0.05) is 5.16 Å². The van der Waals surface area contributed by atoms with Gasteiger partial charge in [-0.05, 0) is 19.9 Å². The van der Waals surface area contributed by atoms with Gasteiger partial charge in [0.1, 0.15) is 12.2 Å². The SMILES string of the molecule is Cc1cc(C(=O)N(C)Cc2ncn[nH]2)c2c(C)noc2n1. The number of aromatic amines is 1. The number of hydrogen-bond acceptors (Lipinski definition) is 6. The molecule has 0 atom stereocenters. The highest BCUT2D eigenvalue weighted by molar-refractivity contribution is 6.05. The number of H-pyrrole nitrogens is 1. The van der Waals surface area contributed by atoms with E-state index in [-0.39, 0.29) is 5.91 Å². The molecule has 3 heterocycles. The standard InChI is InChI=1S/C13H14N6O2/c1-7-4-9(11-8(2)18-21-12(11)16-7)13(20)19(3)5-10-14-6-15-17-10/h4,6H,5H2,1-3H3,(H,14,15,17). The topological polar surface area (TPSA) is 101 Å². The van der Waals surface area contributed by atoms with E-state index in [0.717, 1.165) is 0 Å². The molecular formula is C13H14N6O2. The molecule has 0 aromatic carbocycles. The average Bonchev–Trinajstić information content (AvgIpc) is 3.07. The summed E-state index contributed by atoms with van der Waals surface area (Å²) in [5.41, 5.74) is 2.26. The number of carbonyl (C=O) groups is 1. The van der Waals surface area contributed by atoms with Gasteiger partial charge >= 0.3 is 0 Å². The van der Waals surface area contributed by atoms with E-state index in [2.05, 4.69) is 25.3 Å². The van der Waals surface area contributed by atoms with E-state index in [1.807, 2.05) is 6.92 Å². The minimum absolute atomic E-state index is 0.145. The molecule has 3 rings (SSSR count). The van der Waals surface area contributed by atoms with Crippen molar-refractivity contribution in [1.29, 1.82) is 0 Å². The zero-order chi connectivity index (χ0) is 15.0. The number of hydrogen-bond donors (Lipinski definition) is 1. The van der Waals surface area contributed by atoms with Gasteiger partial charge in [0.15, 0.2) is 0 Å². The van der Waals surface area contributed by atoms with E-state index in [1.165, 1.54) is 6.33 Å². The van der Waals surface area contributed by atoms with Crippen LogP contribution in [0.25, 0.3) is 11.1 Å². The molecule has 0 radical (unpaired) electrons. The molecule has 0 aliphatic rings. The van der Waals surface area contributed by atoms with Crippen molar-refractivity contribution < 1.29 is 9.32 Å². The first-order valence-electron chi connectivity index (χ1n) is 6.39. The molecule has 0 aliphatic heterocycles. The zero-order valence-electron chi connectivity index (χ0n) is 11.9. The lowest BCUT2D eigenvalue weighted by Crippen LogP contribution is -2.27. The van der Waals surface area contributed by atoms with Crippen molar-refractivity contribution in [3.8, 4) is 0 Å². The molecular weight excluding hydrogens is 272 g/mol. The maximum Gasteiger partial charge on any atom is 0.258 e. The van der Waals surface area contributed by atoms with E-state index < -0.39 is 0 Å². The third-order valence-corrected chi connectivity index (χ3v) is 3.17. The summed E-state index contributed by atoms with van der Waals surface area (Å²) in [6.45, 7) is 3.94. The van der Waals surface area contributed by atoms with Crippen molar-refractivity contribution in [2.24, 2.45) is 0 Å². The predicted molar refractivity (Wildman–Crippen MR) is 73.5 cm³/mol. The Labute approximate surface area is 120 Å². The number of rotatable bonds is 3. The fourth-order valence-corrected chi connectivity index (χ4v) is 2.20. The van der Waals surface area contributed by atoms with Gasteiger partial charge in [-0.25, -0.2) is 9.97 Å². The predicted octanol–water partition coefficient (Wildman–Crippen LogP) is 1.23. The van der Waals surface area contributed by atoms with Crippen LogP contribution in [0.3, 0.4) is 0 Å². The molecule has 0 saturated carbocycles. The van der Waals surface area contributed by atoms with E-state index in [4.69, 9.17) is 4.52 Å². The lowest BCUT2D eigenvalue weighted by molar-refractivity contribution is 0.0783. The van der Waals surface area contributed by atoms with Crippen molar-refractivity contribution in [2.45, 2.75) is 20.4 Å². The molecule has 8 heteroatoms. The summed E-state index contributed by atoms with van der Waals surface area (Å²) in [6, 6.07) is 1.74. The maximum atomic E-state index is 12.7. The molecule has 0 saturated heterocycles. The second-order valence-electron chi connectivity index (χ2n) is 4.85. The molecule has 21 heavy (non-hydrogen) atoms. The second kappa shape index (κ2) is 4.97. The first-order chi connectivity index (χ1) is 10.1. The van der Waals surface area contributed by atoms with Crippen LogP contribution in [0.4, 0.5) is 0 Å².